The van der Waals surface area contributed by atoms with Gasteiger partial charge in [0.05, 0.1) is 17.8 Å². The van der Waals surface area contributed by atoms with Crippen LogP contribution in [0, 0.1) is 10.8 Å². The number of rotatable bonds is 0. The van der Waals surface area contributed by atoms with E-state index in [4.69, 9.17) is 4.74 Å². The molecule has 0 amide bonds. The van der Waals surface area contributed by atoms with Gasteiger partial charge in [-0.2, -0.15) is 0 Å². The second-order valence-corrected chi connectivity index (χ2v) is 8.07. The molecule has 19 heavy (non-hydrogen) atoms. The number of hydrogen-bond donors (Lipinski definition) is 2. The summed E-state index contributed by atoms with van der Waals surface area (Å²) in [6, 6.07) is 0. The Bertz CT molecular complexity index is 494. The molecule has 0 aromatic carbocycles. The van der Waals surface area contributed by atoms with Crippen molar-refractivity contribution in [3.8, 4) is 0 Å². The SMILES string of the molecule is CC1=C[C@@H]2O[C@@]3(Br)C=C[C@@](C)(O)[C@]2(C[C@H]1O)C3(C)C. The van der Waals surface area contributed by atoms with E-state index in [1.807, 2.05) is 32.1 Å². The number of ether oxygens (including phenoxy) is 1. The molecule has 1 aliphatic heterocycles. The fourth-order valence-electron chi connectivity index (χ4n) is 4.25. The molecule has 3 aliphatic rings. The third-order valence-corrected chi connectivity index (χ3v) is 7.17. The lowest BCUT2D eigenvalue weighted by Gasteiger charge is -2.57. The van der Waals surface area contributed by atoms with Crippen molar-refractivity contribution >= 4 is 15.9 Å². The average molecular weight is 329 g/mol. The third kappa shape index (κ3) is 1.34. The van der Waals surface area contributed by atoms with E-state index in [-0.39, 0.29) is 11.5 Å². The van der Waals surface area contributed by atoms with E-state index in [0.717, 1.165) is 5.57 Å². The van der Waals surface area contributed by atoms with Crippen LogP contribution in [0.4, 0.5) is 0 Å². The van der Waals surface area contributed by atoms with Crippen LogP contribution in [0.2, 0.25) is 0 Å². The van der Waals surface area contributed by atoms with Crippen LogP contribution in [-0.4, -0.2) is 32.5 Å². The topological polar surface area (TPSA) is 49.7 Å². The van der Waals surface area contributed by atoms with Crippen molar-refractivity contribution < 1.29 is 14.9 Å². The molecule has 1 spiro atoms. The van der Waals surface area contributed by atoms with E-state index >= 15 is 0 Å². The Morgan fingerprint density at radius 1 is 1.32 bits per heavy atom. The number of aliphatic hydroxyl groups excluding tert-OH is 1. The molecule has 1 heterocycles. The molecule has 3 rings (SSSR count). The second-order valence-electron chi connectivity index (χ2n) is 6.89. The Morgan fingerprint density at radius 3 is 2.58 bits per heavy atom. The van der Waals surface area contributed by atoms with Crippen molar-refractivity contribution in [2.75, 3.05) is 0 Å². The lowest BCUT2D eigenvalue weighted by Crippen LogP contribution is -2.62. The summed E-state index contributed by atoms with van der Waals surface area (Å²) in [5, 5.41) is 21.3. The zero-order chi connectivity index (χ0) is 14.3. The molecule has 0 saturated carbocycles. The molecular formula is C15H21BrO3. The Balaban J connectivity index is 2.28. The van der Waals surface area contributed by atoms with E-state index < -0.39 is 21.6 Å². The zero-order valence-corrected chi connectivity index (χ0v) is 13.4. The lowest BCUT2D eigenvalue weighted by molar-refractivity contribution is -0.126. The normalized spacial score (nSPS) is 54.8. The summed E-state index contributed by atoms with van der Waals surface area (Å²) in [5.74, 6) is 0. The molecule has 0 radical (unpaired) electrons. The smallest absolute Gasteiger partial charge is 0.147 e. The minimum atomic E-state index is -1.01. The highest BCUT2D eigenvalue weighted by atomic mass is 79.9. The Kier molecular flexibility index (Phi) is 2.57. The van der Waals surface area contributed by atoms with E-state index in [0.29, 0.717) is 6.42 Å². The maximum absolute atomic E-state index is 11.0. The number of halogens is 1. The molecule has 0 aromatic rings. The maximum atomic E-state index is 11.0. The minimum Gasteiger partial charge on any atom is -0.389 e. The molecule has 0 aromatic heterocycles. The van der Waals surface area contributed by atoms with E-state index in [9.17, 15) is 10.2 Å². The Labute approximate surface area is 122 Å². The van der Waals surface area contributed by atoms with Crippen molar-refractivity contribution in [1.82, 2.24) is 0 Å². The fourth-order valence-corrected chi connectivity index (χ4v) is 4.94. The van der Waals surface area contributed by atoms with E-state index in [1.165, 1.54) is 0 Å². The van der Waals surface area contributed by atoms with Gasteiger partial charge in [-0.15, -0.1) is 0 Å². The van der Waals surface area contributed by atoms with Crippen LogP contribution >= 0.6 is 15.9 Å². The molecule has 0 unspecified atom stereocenters. The molecule has 2 N–H and O–H groups in total. The highest BCUT2D eigenvalue weighted by Crippen LogP contribution is 2.71. The molecule has 2 aliphatic carbocycles. The predicted molar refractivity (Wildman–Crippen MR) is 76.9 cm³/mol. The summed E-state index contributed by atoms with van der Waals surface area (Å²) < 4.78 is 5.63. The number of hydrogen-bond acceptors (Lipinski definition) is 3. The first-order chi connectivity index (χ1) is 8.57. The molecule has 106 valence electrons. The van der Waals surface area contributed by atoms with Crippen molar-refractivity contribution in [2.45, 2.75) is 56.4 Å². The number of fused-ring (bicyclic) bond motifs is 1. The monoisotopic (exact) mass is 328 g/mol. The molecule has 1 fully saturated rings. The number of aliphatic hydroxyl groups is 2. The van der Waals surface area contributed by atoms with Crippen molar-refractivity contribution in [3.05, 3.63) is 23.8 Å². The first kappa shape index (κ1) is 13.8. The summed E-state index contributed by atoms with van der Waals surface area (Å²) in [5.41, 5.74) is -0.948. The quantitative estimate of drug-likeness (QED) is 0.530. The van der Waals surface area contributed by atoms with Gasteiger partial charge in [0.2, 0.25) is 0 Å². The minimum absolute atomic E-state index is 0.199. The van der Waals surface area contributed by atoms with Crippen LogP contribution in [0.15, 0.2) is 23.8 Å². The Morgan fingerprint density at radius 2 is 1.95 bits per heavy atom. The van der Waals surface area contributed by atoms with Gasteiger partial charge >= 0.3 is 0 Å². The highest BCUT2D eigenvalue weighted by molar-refractivity contribution is 9.10. The van der Waals surface area contributed by atoms with Gasteiger partial charge in [-0.1, -0.05) is 26.0 Å². The van der Waals surface area contributed by atoms with Crippen LogP contribution in [0.1, 0.15) is 34.1 Å². The summed E-state index contributed by atoms with van der Waals surface area (Å²) in [4.78, 5) is 0. The summed E-state index contributed by atoms with van der Waals surface area (Å²) in [6.07, 6.45) is 5.49. The molecule has 1 saturated heterocycles. The van der Waals surface area contributed by atoms with Crippen LogP contribution < -0.4 is 0 Å². The average Bonchev–Trinajstić information content (AvgIpc) is 2.38. The first-order valence-electron chi connectivity index (χ1n) is 6.73. The van der Waals surface area contributed by atoms with Gasteiger partial charge < -0.3 is 14.9 Å². The van der Waals surface area contributed by atoms with Crippen LogP contribution in [-0.2, 0) is 4.74 Å². The first-order valence-corrected chi connectivity index (χ1v) is 7.53. The summed E-state index contributed by atoms with van der Waals surface area (Å²) in [7, 11) is 0. The standard InChI is InChI=1S/C15H21BrO3/c1-9-7-11-14(8-10(9)17)12(2,3)15(16,19-11)6-5-13(14,4)18/h5-7,10-11,17-18H,8H2,1-4H3/t10-,11+,13-,14+,15+/m1/s1. The zero-order valence-electron chi connectivity index (χ0n) is 11.8. The van der Waals surface area contributed by atoms with Gasteiger partial charge in [0, 0.05) is 10.8 Å². The van der Waals surface area contributed by atoms with Gasteiger partial charge in [-0.3, -0.25) is 0 Å². The van der Waals surface area contributed by atoms with Crippen molar-refractivity contribution in [3.63, 3.8) is 0 Å². The Hall–Kier alpha value is -0.160. The van der Waals surface area contributed by atoms with Gasteiger partial charge in [-0.25, -0.2) is 0 Å². The van der Waals surface area contributed by atoms with E-state index in [2.05, 4.69) is 29.8 Å². The van der Waals surface area contributed by atoms with Gasteiger partial charge in [0.15, 0.2) is 0 Å². The predicted octanol–water partition coefficient (Wildman–Crippen LogP) is 2.52. The number of alkyl halides is 1. The van der Waals surface area contributed by atoms with Gasteiger partial charge in [0.25, 0.3) is 0 Å². The fraction of sp³-hybridized carbons (Fsp3) is 0.733. The molecular weight excluding hydrogens is 308 g/mol. The summed E-state index contributed by atoms with van der Waals surface area (Å²) >= 11 is 3.70. The van der Waals surface area contributed by atoms with Crippen LogP contribution in [0.5, 0.6) is 0 Å². The maximum Gasteiger partial charge on any atom is 0.147 e. The third-order valence-electron chi connectivity index (χ3n) is 5.73. The molecule has 5 atom stereocenters. The summed E-state index contributed by atoms with van der Waals surface area (Å²) in [6.45, 7) is 7.93. The lowest BCUT2D eigenvalue weighted by atomic mass is 9.48. The molecule has 3 nitrogen and oxygen atoms in total. The second kappa shape index (κ2) is 3.53. The van der Waals surface area contributed by atoms with Crippen LogP contribution in [0.25, 0.3) is 0 Å². The van der Waals surface area contributed by atoms with Gasteiger partial charge in [0.1, 0.15) is 4.51 Å². The molecule has 2 bridgehead atoms. The largest absolute Gasteiger partial charge is 0.389 e. The molecule has 4 heteroatoms. The highest BCUT2D eigenvalue weighted by Gasteiger charge is 2.75. The van der Waals surface area contributed by atoms with Crippen LogP contribution in [0.3, 0.4) is 0 Å². The van der Waals surface area contributed by atoms with Crippen molar-refractivity contribution in [1.29, 1.82) is 0 Å². The van der Waals surface area contributed by atoms with E-state index in [1.54, 1.807) is 0 Å². The van der Waals surface area contributed by atoms with Crippen molar-refractivity contribution in [2.24, 2.45) is 10.8 Å². The van der Waals surface area contributed by atoms with Gasteiger partial charge in [-0.05, 0) is 47.8 Å².